The highest BCUT2D eigenvalue weighted by molar-refractivity contribution is 9.10. The standard InChI is InChI=1S/C18H13BrCl3N7O/c19-11-6-23-29(7-11)10-27-5-4-16(25-27)18(30)24-17-15(22)9-28(26-17)8-12-13(20)2-1-3-14(12)21/h1-7,9H,8,10H2,(H,24,26,30). The molecule has 0 spiro atoms. The molecule has 0 saturated heterocycles. The van der Waals surface area contributed by atoms with Crippen molar-refractivity contribution in [1.82, 2.24) is 29.3 Å². The molecule has 0 unspecified atom stereocenters. The molecule has 30 heavy (non-hydrogen) atoms. The highest BCUT2D eigenvalue weighted by atomic mass is 79.9. The SMILES string of the molecule is O=C(Nc1nn(Cc2c(Cl)cccc2Cl)cc1Cl)c1ccn(Cn2cc(Br)cn2)n1. The van der Waals surface area contributed by atoms with Gasteiger partial charge in [-0.3, -0.25) is 14.2 Å². The molecule has 1 amide bonds. The minimum absolute atomic E-state index is 0.218. The van der Waals surface area contributed by atoms with Crippen LogP contribution in [0.15, 0.2) is 53.5 Å². The van der Waals surface area contributed by atoms with Gasteiger partial charge in [0.25, 0.3) is 5.91 Å². The molecule has 0 aliphatic carbocycles. The van der Waals surface area contributed by atoms with E-state index in [0.29, 0.717) is 28.8 Å². The molecule has 3 heterocycles. The average Bonchev–Trinajstić information content (AvgIpc) is 3.40. The number of halogens is 4. The second kappa shape index (κ2) is 8.81. The molecule has 4 rings (SSSR count). The lowest BCUT2D eigenvalue weighted by atomic mass is 10.2. The number of carbonyl (C=O) groups is 1. The molecule has 0 aliphatic heterocycles. The number of hydrogen-bond acceptors (Lipinski definition) is 4. The Morgan fingerprint density at radius 3 is 2.47 bits per heavy atom. The summed E-state index contributed by atoms with van der Waals surface area (Å²) in [6, 6.07) is 6.85. The fraction of sp³-hybridized carbons (Fsp3) is 0.111. The van der Waals surface area contributed by atoms with Gasteiger partial charge in [-0.15, -0.1) is 0 Å². The van der Waals surface area contributed by atoms with Crippen molar-refractivity contribution in [1.29, 1.82) is 0 Å². The second-order valence-electron chi connectivity index (χ2n) is 6.26. The van der Waals surface area contributed by atoms with Gasteiger partial charge in [0, 0.05) is 34.2 Å². The van der Waals surface area contributed by atoms with Crippen molar-refractivity contribution in [3.63, 3.8) is 0 Å². The van der Waals surface area contributed by atoms with Crippen molar-refractivity contribution in [2.24, 2.45) is 0 Å². The van der Waals surface area contributed by atoms with E-state index in [4.69, 9.17) is 34.8 Å². The smallest absolute Gasteiger partial charge is 0.277 e. The lowest BCUT2D eigenvalue weighted by molar-refractivity contribution is 0.102. The van der Waals surface area contributed by atoms with E-state index in [1.165, 1.54) is 0 Å². The fourth-order valence-corrected chi connectivity index (χ4v) is 3.75. The summed E-state index contributed by atoms with van der Waals surface area (Å²) in [4.78, 5) is 12.5. The van der Waals surface area contributed by atoms with Crippen LogP contribution in [0.3, 0.4) is 0 Å². The Balaban J connectivity index is 1.45. The lowest BCUT2D eigenvalue weighted by Gasteiger charge is -2.06. The van der Waals surface area contributed by atoms with E-state index in [1.807, 2.05) is 0 Å². The zero-order valence-electron chi connectivity index (χ0n) is 15.1. The quantitative estimate of drug-likeness (QED) is 0.389. The number of aromatic nitrogens is 6. The molecular formula is C18H13BrCl3N7O. The van der Waals surface area contributed by atoms with Crippen molar-refractivity contribution in [3.8, 4) is 0 Å². The van der Waals surface area contributed by atoms with E-state index in [9.17, 15) is 4.79 Å². The molecule has 4 aromatic rings. The Kier molecular flexibility index (Phi) is 6.14. The first-order chi connectivity index (χ1) is 14.4. The predicted molar refractivity (Wildman–Crippen MR) is 118 cm³/mol. The highest BCUT2D eigenvalue weighted by Crippen LogP contribution is 2.27. The third-order valence-corrected chi connectivity index (χ3v) is 5.49. The molecule has 8 nitrogen and oxygen atoms in total. The van der Waals surface area contributed by atoms with Gasteiger partial charge in [-0.05, 0) is 34.1 Å². The summed E-state index contributed by atoms with van der Waals surface area (Å²) in [7, 11) is 0. The van der Waals surface area contributed by atoms with Crippen molar-refractivity contribution >= 4 is 62.5 Å². The monoisotopic (exact) mass is 527 g/mol. The lowest BCUT2D eigenvalue weighted by Crippen LogP contribution is -2.15. The summed E-state index contributed by atoms with van der Waals surface area (Å²) < 4.78 is 5.68. The molecule has 0 saturated carbocycles. The summed E-state index contributed by atoms with van der Waals surface area (Å²) in [6.07, 6.45) is 6.75. The van der Waals surface area contributed by atoms with Crippen molar-refractivity contribution in [2.45, 2.75) is 13.2 Å². The second-order valence-corrected chi connectivity index (χ2v) is 8.39. The Hall–Kier alpha value is -2.33. The Bertz CT molecular complexity index is 1200. The van der Waals surface area contributed by atoms with E-state index in [-0.39, 0.29) is 16.5 Å². The van der Waals surface area contributed by atoms with Crippen LogP contribution in [0, 0.1) is 0 Å². The van der Waals surface area contributed by atoms with Gasteiger partial charge in [0.2, 0.25) is 0 Å². The number of amides is 1. The minimum Gasteiger partial charge on any atom is -0.302 e. The van der Waals surface area contributed by atoms with Gasteiger partial charge < -0.3 is 5.32 Å². The molecule has 0 radical (unpaired) electrons. The summed E-state index contributed by atoms with van der Waals surface area (Å²) >= 11 is 22.0. The van der Waals surface area contributed by atoms with Crippen LogP contribution in [0.5, 0.6) is 0 Å². The van der Waals surface area contributed by atoms with E-state index < -0.39 is 5.91 Å². The number of benzene rings is 1. The third kappa shape index (κ3) is 4.70. The van der Waals surface area contributed by atoms with Crippen LogP contribution in [-0.4, -0.2) is 35.2 Å². The molecular weight excluding hydrogens is 517 g/mol. The number of hydrogen-bond donors (Lipinski definition) is 1. The average molecular weight is 530 g/mol. The van der Waals surface area contributed by atoms with Crippen LogP contribution >= 0.6 is 50.7 Å². The third-order valence-electron chi connectivity index (χ3n) is 4.10. The van der Waals surface area contributed by atoms with Gasteiger partial charge in [0.1, 0.15) is 11.7 Å². The number of carbonyl (C=O) groups excluding carboxylic acids is 1. The summed E-state index contributed by atoms with van der Waals surface area (Å²) in [5, 5.41) is 16.7. The minimum atomic E-state index is -0.432. The Labute approximate surface area is 194 Å². The van der Waals surface area contributed by atoms with Gasteiger partial charge in [-0.2, -0.15) is 15.3 Å². The molecule has 12 heteroatoms. The molecule has 3 aromatic heterocycles. The zero-order valence-corrected chi connectivity index (χ0v) is 19.0. The van der Waals surface area contributed by atoms with Crippen LogP contribution in [0.1, 0.15) is 16.1 Å². The first kappa shape index (κ1) is 20.9. The molecule has 0 aliphatic rings. The normalized spacial score (nSPS) is 11.1. The van der Waals surface area contributed by atoms with Crippen LogP contribution in [-0.2, 0) is 13.2 Å². The van der Waals surface area contributed by atoms with Crippen LogP contribution in [0.4, 0.5) is 5.82 Å². The van der Waals surface area contributed by atoms with Crippen molar-refractivity contribution in [3.05, 3.63) is 79.9 Å². The van der Waals surface area contributed by atoms with Crippen molar-refractivity contribution < 1.29 is 4.79 Å². The molecule has 0 atom stereocenters. The fourth-order valence-electron chi connectivity index (χ4n) is 2.71. The maximum atomic E-state index is 12.5. The molecule has 1 N–H and O–H groups in total. The van der Waals surface area contributed by atoms with Gasteiger partial charge in [0.15, 0.2) is 11.5 Å². The number of nitrogens with one attached hydrogen (secondary N) is 1. The van der Waals surface area contributed by atoms with Gasteiger partial charge >= 0.3 is 0 Å². The van der Waals surface area contributed by atoms with Crippen LogP contribution < -0.4 is 5.32 Å². The zero-order chi connectivity index (χ0) is 21.3. The summed E-state index contributed by atoms with van der Waals surface area (Å²) in [5.41, 5.74) is 0.933. The van der Waals surface area contributed by atoms with Gasteiger partial charge in [-0.1, -0.05) is 40.9 Å². The first-order valence-electron chi connectivity index (χ1n) is 8.57. The Morgan fingerprint density at radius 2 is 1.77 bits per heavy atom. The topological polar surface area (TPSA) is 82.6 Å². The molecule has 0 bridgehead atoms. The first-order valence-corrected chi connectivity index (χ1v) is 10.5. The maximum absolute atomic E-state index is 12.5. The summed E-state index contributed by atoms with van der Waals surface area (Å²) in [6.45, 7) is 0.676. The van der Waals surface area contributed by atoms with E-state index in [1.54, 1.807) is 63.1 Å². The van der Waals surface area contributed by atoms with Crippen LogP contribution in [0.25, 0.3) is 0 Å². The Morgan fingerprint density at radius 1 is 1.00 bits per heavy atom. The number of rotatable bonds is 6. The number of nitrogens with zero attached hydrogens (tertiary/aromatic N) is 6. The predicted octanol–water partition coefficient (Wildman–Crippen LogP) is 4.81. The maximum Gasteiger partial charge on any atom is 0.277 e. The molecule has 1 aromatic carbocycles. The molecule has 0 fully saturated rings. The van der Waals surface area contributed by atoms with Gasteiger partial charge in [0.05, 0.1) is 17.2 Å². The summed E-state index contributed by atoms with van der Waals surface area (Å²) in [5.74, 6) is -0.214. The van der Waals surface area contributed by atoms with Gasteiger partial charge in [-0.25, -0.2) is 4.68 Å². The van der Waals surface area contributed by atoms with E-state index in [2.05, 4.69) is 36.5 Å². The van der Waals surface area contributed by atoms with E-state index >= 15 is 0 Å². The molecule has 154 valence electrons. The number of anilines is 1. The highest BCUT2D eigenvalue weighted by Gasteiger charge is 2.16. The van der Waals surface area contributed by atoms with Crippen LogP contribution in [0.2, 0.25) is 15.1 Å². The van der Waals surface area contributed by atoms with E-state index in [0.717, 1.165) is 4.47 Å². The largest absolute Gasteiger partial charge is 0.302 e. The van der Waals surface area contributed by atoms with Crippen molar-refractivity contribution in [2.75, 3.05) is 5.32 Å².